The van der Waals surface area contributed by atoms with E-state index < -0.39 is 16.3 Å². The number of pyridine rings is 2. The zero-order valence-corrected chi connectivity index (χ0v) is 16.6. The zero-order valence-electron chi connectivity index (χ0n) is 13.6. The Morgan fingerprint density at radius 3 is 1.59 bits per heavy atom. The topological polar surface area (TPSA) is 78.4 Å². The van der Waals surface area contributed by atoms with E-state index in [-0.39, 0.29) is 46.5 Å². The molecule has 1 saturated carbocycles. The Kier molecular flexibility index (Phi) is 6.11. The number of nitrogens with zero attached hydrogens (tertiary/aromatic N) is 2. The number of hydrogen-bond acceptors (Lipinski definition) is 6. The van der Waals surface area contributed by atoms with E-state index in [1.54, 1.807) is 0 Å². The predicted molar refractivity (Wildman–Crippen MR) is 100 cm³/mol. The fourth-order valence-corrected chi connectivity index (χ4v) is 3.36. The van der Waals surface area contributed by atoms with E-state index >= 15 is 0 Å². The predicted octanol–water partition coefficient (Wildman–Crippen LogP) is 4.22. The molecule has 0 radical (unpaired) electrons. The van der Waals surface area contributed by atoms with Crippen LogP contribution in [0.3, 0.4) is 0 Å². The van der Waals surface area contributed by atoms with Crippen molar-refractivity contribution in [2.75, 3.05) is 13.2 Å². The normalized spacial score (nSPS) is 20.0. The van der Waals surface area contributed by atoms with Gasteiger partial charge in [-0.2, -0.15) is 0 Å². The highest BCUT2D eigenvalue weighted by molar-refractivity contribution is 6.51. The maximum atomic E-state index is 12.0. The number of rotatable bonds is 6. The second-order valence-corrected chi connectivity index (χ2v) is 8.04. The molecule has 1 fully saturated rings. The summed E-state index contributed by atoms with van der Waals surface area (Å²) in [5, 5.41) is 0.541. The van der Waals surface area contributed by atoms with Gasteiger partial charge in [-0.15, -0.1) is 23.2 Å². The second-order valence-electron chi connectivity index (χ2n) is 5.82. The van der Waals surface area contributed by atoms with Crippen molar-refractivity contribution < 1.29 is 19.1 Å². The van der Waals surface area contributed by atoms with Gasteiger partial charge in [0, 0.05) is 24.2 Å². The Bertz CT molecular complexity index is 774. The smallest absolute Gasteiger partial charge is 0.339 e. The number of aromatic nitrogens is 2. The molecule has 3 rings (SSSR count). The minimum atomic E-state index is -1.14. The SMILES string of the molecule is O=C(OC[C@@H]1[C@@H](COC(=O)c2ccc(Cl)nc2)C1(Cl)Cl)c1ccc(Cl)nc1. The molecule has 0 N–H and O–H groups in total. The van der Waals surface area contributed by atoms with Gasteiger partial charge in [0.25, 0.3) is 0 Å². The first kappa shape index (κ1) is 20.1. The lowest BCUT2D eigenvalue weighted by molar-refractivity contribution is 0.0418. The van der Waals surface area contributed by atoms with Crippen LogP contribution in [0.4, 0.5) is 0 Å². The van der Waals surface area contributed by atoms with Crippen molar-refractivity contribution in [3.05, 3.63) is 58.1 Å². The van der Waals surface area contributed by atoms with Crippen LogP contribution in [0.2, 0.25) is 10.3 Å². The molecule has 2 aromatic rings. The van der Waals surface area contributed by atoms with Crippen LogP contribution in [-0.4, -0.2) is 39.5 Å². The molecule has 2 heterocycles. The lowest BCUT2D eigenvalue weighted by Crippen LogP contribution is -2.11. The maximum absolute atomic E-state index is 12.0. The van der Waals surface area contributed by atoms with Crippen molar-refractivity contribution >= 4 is 58.3 Å². The highest BCUT2D eigenvalue weighted by atomic mass is 35.5. The van der Waals surface area contributed by atoms with Gasteiger partial charge in [0.05, 0.1) is 24.3 Å². The van der Waals surface area contributed by atoms with Gasteiger partial charge in [0.1, 0.15) is 14.6 Å². The lowest BCUT2D eigenvalue weighted by Gasteiger charge is -2.05. The van der Waals surface area contributed by atoms with Gasteiger partial charge in [-0.05, 0) is 24.3 Å². The molecule has 1 aliphatic rings. The van der Waals surface area contributed by atoms with E-state index in [1.807, 2.05) is 0 Å². The largest absolute Gasteiger partial charge is 0.462 e. The molecule has 27 heavy (non-hydrogen) atoms. The number of alkyl halides is 2. The molecular formula is C17H12Cl4N2O4. The minimum Gasteiger partial charge on any atom is -0.462 e. The van der Waals surface area contributed by atoms with Crippen molar-refractivity contribution in [3.8, 4) is 0 Å². The van der Waals surface area contributed by atoms with Gasteiger partial charge in [0.15, 0.2) is 0 Å². The molecule has 2 aromatic heterocycles. The summed E-state index contributed by atoms with van der Waals surface area (Å²) in [7, 11) is 0. The van der Waals surface area contributed by atoms with Crippen molar-refractivity contribution in [1.82, 2.24) is 9.97 Å². The number of ether oxygens (including phenoxy) is 2. The van der Waals surface area contributed by atoms with Gasteiger partial charge in [-0.1, -0.05) is 23.2 Å². The summed E-state index contributed by atoms with van der Waals surface area (Å²) in [5.41, 5.74) is 0.515. The fourth-order valence-electron chi connectivity index (χ4n) is 2.41. The Labute approximate surface area is 174 Å². The van der Waals surface area contributed by atoms with Crippen LogP contribution in [0, 0.1) is 11.8 Å². The van der Waals surface area contributed by atoms with E-state index in [0.717, 1.165) is 0 Å². The number of esters is 2. The number of carbonyl (C=O) groups is 2. The number of hydrogen-bond donors (Lipinski definition) is 0. The van der Waals surface area contributed by atoms with Crippen LogP contribution < -0.4 is 0 Å². The molecule has 0 spiro atoms. The maximum Gasteiger partial charge on any atom is 0.339 e. The average Bonchev–Trinajstić information content (AvgIpc) is 3.18. The molecule has 10 heteroatoms. The lowest BCUT2D eigenvalue weighted by atomic mass is 10.3. The van der Waals surface area contributed by atoms with Crippen LogP contribution in [0.25, 0.3) is 0 Å². The van der Waals surface area contributed by atoms with Gasteiger partial charge in [-0.3, -0.25) is 0 Å². The third kappa shape index (κ3) is 4.82. The van der Waals surface area contributed by atoms with Gasteiger partial charge in [0.2, 0.25) is 0 Å². The molecule has 2 atom stereocenters. The van der Waals surface area contributed by atoms with Crippen LogP contribution >= 0.6 is 46.4 Å². The van der Waals surface area contributed by atoms with Gasteiger partial charge in [-0.25, -0.2) is 19.6 Å². The Hall–Kier alpha value is -1.60. The van der Waals surface area contributed by atoms with Crippen LogP contribution in [-0.2, 0) is 9.47 Å². The van der Waals surface area contributed by atoms with Crippen molar-refractivity contribution in [3.63, 3.8) is 0 Å². The monoisotopic (exact) mass is 448 g/mol. The molecule has 0 aliphatic heterocycles. The van der Waals surface area contributed by atoms with Crippen LogP contribution in [0.15, 0.2) is 36.7 Å². The standard InChI is InChI=1S/C17H12Cl4N2O4/c18-13-3-1-9(5-22-13)15(24)26-7-11-12(17(11,20)21)8-27-16(25)10-2-4-14(19)23-6-10/h1-6,11-12H,7-8H2/t11-,12-/m1/s1. The van der Waals surface area contributed by atoms with Crippen LogP contribution in [0.5, 0.6) is 0 Å². The van der Waals surface area contributed by atoms with Gasteiger partial charge >= 0.3 is 11.9 Å². The highest BCUT2D eigenvalue weighted by Gasteiger charge is 2.64. The minimum absolute atomic E-state index is 0.0147. The first-order valence-electron chi connectivity index (χ1n) is 7.74. The molecule has 0 unspecified atom stereocenters. The first-order chi connectivity index (χ1) is 12.8. The zero-order chi connectivity index (χ0) is 19.6. The summed E-state index contributed by atoms with van der Waals surface area (Å²) in [4.78, 5) is 31.6. The third-order valence-electron chi connectivity index (χ3n) is 4.08. The molecule has 0 aromatic carbocycles. The van der Waals surface area contributed by atoms with E-state index in [0.29, 0.717) is 0 Å². The fraction of sp³-hybridized carbons (Fsp3) is 0.294. The Morgan fingerprint density at radius 2 is 1.26 bits per heavy atom. The molecule has 0 saturated heterocycles. The Morgan fingerprint density at radius 1 is 0.852 bits per heavy atom. The first-order valence-corrected chi connectivity index (χ1v) is 9.25. The van der Waals surface area contributed by atoms with Crippen molar-refractivity contribution in [2.45, 2.75) is 4.33 Å². The molecule has 0 amide bonds. The van der Waals surface area contributed by atoms with Crippen LogP contribution in [0.1, 0.15) is 20.7 Å². The Balaban J connectivity index is 1.49. The average molecular weight is 450 g/mol. The van der Waals surface area contributed by atoms with Gasteiger partial charge < -0.3 is 9.47 Å². The summed E-state index contributed by atoms with van der Waals surface area (Å²) in [6, 6.07) is 5.96. The van der Waals surface area contributed by atoms with Crippen molar-refractivity contribution in [2.24, 2.45) is 11.8 Å². The van der Waals surface area contributed by atoms with Crippen molar-refractivity contribution in [1.29, 1.82) is 0 Å². The molecule has 1 aliphatic carbocycles. The summed E-state index contributed by atoms with van der Waals surface area (Å²) in [5.74, 6) is -1.86. The highest BCUT2D eigenvalue weighted by Crippen LogP contribution is 2.59. The summed E-state index contributed by atoms with van der Waals surface area (Å²) in [6.45, 7) is -0.0294. The molecular weight excluding hydrogens is 438 g/mol. The van der Waals surface area contributed by atoms with E-state index in [9.17, 15) is 9.59 Å². The van der Waals surface area contributed by atoms with E-state index in [4.69, 9.17) is 55.9 Å². The molecule has 6 nitrogen and oxygen atoms in total. The third-order valence-corrected chi connectivity index (χ3v) is 5.65. The quantitative estimate of drug-likeness (QED) is 0.373. The summed E-state index contributed by atoms with van der Waals surface area (Å²) >= 11 is 23.7. The number of carbonyl (C=O) groups excluding carboxylic acids is 2. The summed E-state index contributed by atoms with van der Waals surface area (Å²) in [6.07, 6.45) is 2.62. The molecule has 0 bridgehead atoms. The molecule has 142 valence electrons. The second kappa shape index (κ2) is 8.19. The van der Waals surface area contributed by atoms with E-state index in [2.05, 4.69) is 9.97 Å². The summed E-state index contributed by atoms with van der Waals surface area (Å²) < 4.78 is 9.27. The van der Waals surface area contributed by atoms with E-state index in [1.165, 1.54) is 36.7 Å². The number of halogens is 4.